The van der Waals surface area contributed by atoms with E-state index in [0.29, 0.717) is 12.1 Å². The minimum absolute atomic E-state index is 0.102. The van der Waals surface area contributed by atoms with E-state index >= 15 is 0 Å². The Morgan fingerprint density at radius 2 is 2.29 bits per heavy atom. The third-order valence-corrected chi connectivity index (χ3v) is 1.97. The third-order valence-electron chi connectivity index (χ3n) is 1.97. The van der Waals surface area contributed by atoms with Gasteiger partial charge in [0.25, 0.3) is 5.91 Å². The molecule has 0 fully saturated rings. The lowest BCUT2D eigenvalue weighted by Crippen LogP contribution is -2.22. The molecule has 0 aromatic heterocycles. The van der Waals surface area contributed by atoms with Crippen LogP contribution in [0.15, 0.2) is 24.3 Å². The number of amides is 1. The fourth-order valence-electron chi connectivity index (χ4n) is 1.20. The van der Waals surface area contributed by atoms with Gasteiger partial charge in [0.05, 0.1) is 6.10 Å². The first-order chi connectivity index (χ1) is 6.65. The fourth-order valence-corrected chi connectivity index (χ4v) is 1.20. The third kappa shape index (κ3) is 2.57. The SMILES string of the molecule is CCNC(=O)c1cccc([C@H](C)O)c1. The van der Waals surface area contributed by atoms with E-state index in [2.05, 4.69) is 5.32 Å². The summed E-state index contributed by atoms with van der Waals surface area (Å²) < 4.78 is 0. The number of nitrogens with one attached hydrogen (secondary N) is 1. The van der Waals surface area contributed by atoms with Crippen molar-refractivity contribution in [1.29, 1.82) is 0 Å². The fraction of sp³-hybridized carbons (Fsp3) is 0.364. The Kier molecular flexibility index (Phi) is 3.65. The summed E-state index contributed by atoms with van der Waals surface area (Å²) in [6.07, 6.45) is -0.538. The average molecular weight is 193 g/mol. The molecular weight excluding hydrogens is 178 g/mol. The monoisotopic (exact) mass is 193 g/mol. The summed E-state index contributed by atoms with van der Waals surface area (Å²) >= 11 is 0. The maximum absolute atomic E-state index is 11.4. The molecule has 76 valence electrons. The van der Waals surface area contributed by atoms with E-state index in [9.17, 15) is 9.90 Å². The van der Waals surface area contributed by atoms with Crippen LogP contribution < -0.4 is 5.32 Å². The largest absolute Gasteiger partial charge is 0.389 e. The molecule has 0 saturated carbocycles. The molecule has 1 amide bonds. The van der Waals surface area contributed by atoms with Gasteiger partial charge in [0.2, 0.25) is 0 Å². The Balaban J connectivity index is 2.88. The minimum atomic E-state index is -0.538. The smallest absolute Gasteiger partial charge is 0.251 e. The van der Waals surface area contributed by atoms with E-state index in [4.69, 9.17) is 0 Å². The molecule has 0 heterocycles. The van der Waals surface area contributed by atoms with Gasteiger partial charge >= 0.3 is 0 Å². The molecule has 0 radical (unpaired) electrons. The molecule has 3 heteroatoms. The first kappa shape index (κ1) is 10.7. The zero-order valence-electron chi connectivity index (χ0n) is 8.45. The molecule has 0 saturated heterocycles. The highest BCUT2D eigenvalue weighted by molar-refractivity contribution is 5.94. The molecule has 0 aliphatic rings. The molecule has 1 aromatic rings. The molecule has 0 bridgehead atoms. The average Bonchev–Trinajstić information content (AvgIpc) is 2.18. The lowest BCUT2D eigenvalue weighted by Gasteiger charge is -2.07. The molecule has 0 spiro atoms. The summed E-state index contributed by atoms with van der Waals surface area (Å²) in [6, 6.07) is 7.01. The van der Waals surface area contributed by atoms with Crippen LogP contribution in [0, 0.1) is 0 Å². The molecular formula is C11H15NO2. The maximum Gasteiger partial charge on any atom is 0.251 e. The van der Waals surface area contributed by atoms with Gasteiger partial charge in [-0.25, -0.2) is 0 Å². The predicted octanol–water partition coefficient (Wildman–Crippen LogP) is 1.49. The van der Waals surface area contributed by atoms with Crippen molar-refractivity contribution in [3.8, 4) is 0 Å². The molecule has 1 rings (SSSR count). The van der Waals surface area contributed by atoms with Crippen molar-refractivity contribution < 1.29 is 9.90 Å². The van der Waals surface area contributed by atoms with Crippen LogP contribution >= 0.6 is 0 Å². The highest BCUT2D eigenvalue weighted by Crippen LogP contribution is 2.13. The summed E-state index contributed by atoms with van der Waals surface area (Å²) in [5, 5.41) is 12.0. The standard InChI is InChI=1S/C11H15NO2/c1-3-12-11(14)10-6-4-5-9(7-10)8(2)13/h4-8,13H,3H2,1-2H3,(H,12,14)/t8-/m0/s1. The second kappa shape index (κ2) is 4.77. The summed E-state index contributed by atoms with van der Waals surface area (Å²) in [4.78, 5) is 11.4. The van der Waals surface area contributed by atoms with E-state index in [1.54, 1.807) is 31.2 Å². The van der Waals surface area contributed by atoms with E-state index in [1.807, 2.05) is 6.92 Å². The van der Waals surface area contributed by atoms with Gasteiger partial charge in [0.1, 0.15) is 0 Å². The number of hydrogen-bond acceptors (Lipinski definition) is 2. The van der Waals surface area contributed by atoms with Gasteiger partial charge < -0.3 is 10.4 Å². The van der Waals surface area contributed by atoms with Crippen molar-refractivity contribution >= 4 is 5.91 Å². The Labute approximate surface area is 83.8 Å². The van der Waals surface area contributed by atoms with E-state index < -0.39 is 6.10 Å². The van der Waals surface area contributed by atoms with Crippen molar-refractivity contribution in [2.45, 2.75) is 20.0 Å². The molecule has 2 N–H and O–H groups in total. The number of aliphatic hydroxyl groups excluding tert-OH is 1. The number of benzene rings is 1. The zero-order chi connectivity index (χ0) is 10.6. The molecule has 0 unspecified atom stereocenters. The summed E-state index contributed by atoms with van der Waals surface area (Å²) in [6.45, 7) is 4.16. The van der Waals surface area contributed by atoms with Crippen molar-refractivity contribution in [3.05, 3.63) is 35.4 Å². The maximum atomic E-state index is 11.4. The quantitative estimate of drug-likeness (QED) is 0.764. The Morgan fingerprint density at radius 1 is 1.57 bits per heavy atom. The predicted molar refractivity (Wildman–Crippen MR) is 55.1 cm³/mol. The first-order valence-corrected chi connectivity index (χ1v) is 4.71. The van der Waals surface area contributed by atoms with Crippen molar-refractivity contribution in [2.24, 2.45) is 0 Å². The van der Waals surface area contributed by atoms with Gasteiger partial charge in [-0.1, -0.05) is 12.1 Å². The number of carbonyl (C=O) groups is 1. The molecule has 1 aromatic carbocycles. The summed E-state index contributed by atoms with van der Waals surface area (Å²) in [5.41, 5.74) is 1.35. The van der Waals surface area contributed by atoms with Gasteiger partial charge in [-0.05, 0) is 31.5 Å². The van der Waals surface area contributed by atoms with E-state index in [1.165, 1.54) is 0 Å². The van der Waals surface area contributed by atoms with Crippen molar-refractivity contribution in [1.82, 2.24) is 5.32 Å². The van der Waals surface area contributed by atoms with Gasteiger partial charge in [-0.3, -0.25) is 4.79 Å². The first-order valence-electron chi connectivity index (χ1n) is 4.71. The van der Waals surface area contributed by atoms with E-state index in [0.717, 1.165) is 5.56 Å². The Morgan fingerprint density at radius 3 is 2.86 bits per heavy atom. The topological polar surface area (TPSA) is 49.3 Å². The van der Waals surface area contributed by atoms with Gasteiger partial charge in [0.15, 0.2) is 0 Å². The van der Waals surface area contributed by atoms with Crippen LogP contribution in [0.25, 0.3) is 0 Å². The van der Waals surface area contributed by atoms with Gasteiger partial charge in [-0.15, -0.1) is 0 Å². The van der Waals surface area contributed by atoms with Crippen LogP contribution in [-0.4, -0.2) is 17.6 Å². The zero-order valence-corrected chi connectivity index (χ0v) is 8.45. The summed E-state index contributed by atoms with van der Waals surface area (Å²) in [7, 11) is 0. The lowest BCUT2D eigenvalue weighted by molar-refractivity contribution is 0.0955. The molecule has 0 aliphatic carbocycles. The Bertz CT molecular complexity index is 321. The molecule has 0 aliphatic heterocycles. The number of rotatable bonds is 3. The highest BCUT2D eigenvalue weighted by atomic mass is 16.3. The van der Waals surface area contributed by atoms with Crippen LogP contribution in [0.1, 0.15) is 35.9 Å². The summed E-state index contributed by atoms with van der Waals surface area (Å²) in [5.74, 6) is -0.102. The minimum Gasteiger partial charge on any atom is -0.389 e. The van der Waals surface area contributed by atoms with E-state index in [-0.39, 0.29) is 5.91 Å². The second-order valence-electron chi connectivity index (χ2n) is 3.16. The van der Waals surface area contributed by atoms with Crippen LogP contribution in [0.4, 0.5) is 0 Å². The van der Waals surface area contributed by atoms with Crippen molar-refractivity contribution in [2.75, 3.05) is 6.54 Å². The molecule has 14 heavy (non-hydrogen) atoms. The molecule has 3 nitrogen and oxygen atoms in total. The van der Waals surface area contributed by atoms with Crippen LogP contribution in [-0.2, 0) is 0 Å². The number of hydrogen-bond donors (Lipinski definition) is 2. The van der Waals surface area contributed by atoms with Crippen LogP contribution in [0.3, 0.4) is 0 Å². The van der Waals surface area contributed by atoms with Gasteiger partial charge in [0, 0.05) is 12.1 Å². The number of carbonyl (C=O) groups excluding carboxylic acids is 1. The van der Waals surface area contributed by atoms with Crippen LogP contribution in [0.5, 0.6) is 0 Å². The van der Waals surface area contributed by atoms with Gasteiger partial charge in [-0.2, -0.15) is 0 Å². The molecule has 1 atom stereocenters. The number of aliphatic hydroxyl groups is 1. The lowest BCUT2D eigenvalue weighted by atomic mass is 10.1. The van der Waals surface area contributed by atoms with Crippen LogP contribution in [0.2, 0.25) is 0 Å². The second-order valence-corrected chi connectivity index (χ2v) is 3.16. The highest BCUT2D eigenvalue weighted by Gasteiger charge is 2.06. The Hall–Kier alpha value is -1.35. The normalized spacial score (nSPS) is 12.2. The van der Waals surface area contributed by atoms with Crippen molar-refractivity contribution in [3.63, 3.8) is 0 Å².